The first kappa shape index (κ1) is 28.0. The quantitative estimate of drug-likeness (QED) is 0.172. The number of nitrogens with one attached hydrogen (secondary N) is 3. The van der Waals surface area contributed by atoms with E-state index in [0.29, 0.717) is 17.9 Å². The molecular weight excluding hydrogens is 436 g/mol. The summed E-state index contributed by atoms with van der Waals surface area (Å²) in [6, 6.07) is -4.61. The number of nitrogens with two attached hydrogens (primary N) is 1. The van der Waals surface area contributed by atoms with E-state index in [2.05, 4.69) is 16.0 Å². The van der Waals surface area contributed by atoms with Gasteiger partial charge in [-0.1, -0.05) is 0 Å². The van der Waals surface area contributed by atoms with Gasteiger partial charge in [-0.05, 0) is 43.8 Å². The second-order valence-electron chi connectivity index (χ2n) is 6.46. The van der Waals surface area contributed by atoms with Gasteiger partial charge in [-0.2, -0.15) is 23.5 Å². The van der Waals surface area contributed by atoms with Gasteiger partial charge in [0.15, 0.2) is 0 Å². The van der Waals surface area contributed by atoms with Crippen LogP contribution in [0.4, 0.5) is 0 Å². The molecule has 11 nitrogen and oxygen atoms in total. The van der Waals surface area contributed by atoms with Gasteiger partial charge in [0.25, 0.3) is 0 Å². The summed E-state index contributed by atoms with van der Waals surface area (Å²) in [7, 11) is 0. The number of aliphatic carboxylic acids is 2. The molecule has 0 bridgehead atoms. The number of carbonyl (C=O) groups excluding carboxylic acids is 3. The lowest BCUT2D eigenvalue weighted by Gasteiger charge is -2.24. The first-order chi connectivity index (χ1) is 14.0. The highest BCUT2D eigenvalue weighted by molar-refractivity contribution is 7.98. The Morgan fingerprint density at radius 1 is 0.833 bits per heavy atom. The van der Waals surface area contributed by atoms with Crippen LogP contribution in [0, 0.1) is 0 Å². The molecular formula is C17H30N4O7S2. The molecule has 0 aliphatic rings. The summed E-state index contributed by atoms with van der Waals surface area (Å²) in [6.07, 6.45) is 3.59. The van der Waals surface area contributed by atoms with E-state index in [1.165, 1.54) is 30.4 Å². The Bertz CT molecular complexity index is 621. The summed E-state index contributed by atoms with van der Waals surface area (Å²) >= 11 is 2.97. The molecule has 0 fully saturated rings. The molecule has 0 aromatic rings. The Labute approximate surface area is 183 Å². The van der Waals surface area contributed by atoms with Crippen LogP contribution in [0.3, 0.4) is 0 Å². The van der Waals surface area contributed by atoms with Gasteiger partial charge >= 0.3 is 11.9 Å². The van der Waals surface area contributed by atoms with Crippen molar-refractivity contribution in [2.45, 2.75) is 50.4 Å². The third-order valence-electron chi connectivity index (χ3n) is 3.95. The zero-order valence-electron chi connectivity index (χ0n) is 17.2. The fraction of sp³-hybridized carbons (Fsp3) is 0.706. The number of hydrogen-bond donors (Lipinski definition) is 6. The maximum absolute atomic E-state index is 12.7. The lowest BCUT2D eigenvalue weighted by atomic mass is 10.1. The van der Waals surface area contributed by atoms with Crippen molar-refractivity contribution in [1.82, 2.24) is 16.0 Å². The molecule has 0 aromatic heterocycles. The zero-order valence-corrected chi connectivity index (χ0v) is 18.8. The molecule has 0 radical (unpaired) electrons. The van der Waals surface area contributed by atoms with Crippen molar-refractivity contribution < 1.29 is 34.2 Å². The lowest BCUT2D eigenvalue weighted by molar-refractivity contribution is -0.143. The average Bonchev–Trinajstić information content (AvgIpc) is 2.67. The minimum Gasteiger partial charge on any atom is -0.481 e. The number of carboxylic acids is 2. The summed E-state index contributed by atoms with van der Waals surface area (Å²) < 4.78 is 0. The molecule has 172 valence electrons. The molecule has 0 spiro atoms. The van der Waals surface area contributed by atoms with Crippen LogP contribution in [0.15, 0.2) is 0 Å². The molecule has 13 heteroatoms. The first-order valence-electron chi connectivity index (χ1n) is 9.12. The minimum atomic E-state index is -1.50. The Morgan fingerprint density at radius 3 is 1.83 bits per heavy atom. The number of carbonyl (C=O) groups is 5. The van der Waals surface area contributed by atoms with E-state index in [-0.39, 0.29) is 6.42 Å². The van der Waals surface area contributed by atoms with Crippen LogP contribution >= 0.6 is 23.5 Å². The molecule has 4 unspecified atom stereocenters. The molecule has 0 aliphatic carbocycles. The Balaban J connectivity index is 5.26. The predicted octanol–water partition coefficient (Wildman–Crippen LogP) is -1.15. The van der Waals surface area contributed by atoms with Gasteiger partial charge in [0.05, 0.1) is 12.5 Å². The van der Waals surface area contributed by atoms with Crippen molar-refractivity contribution in [3.8, 4) is 0 Å². The molecule has 3 amide bonds. The van der Waals surface area contributed by atoms with Crippen LogP contribution in [0.2, 0.25) is 0 Å². The molecule has 0 rings (SSSR count). The maximum atomic E-state index is 12.7. The highest BCUT2D eigenvalue weighted by atomic mass is 32.2. The van der Waals surface area contributed by atoms with E-state index in [1.807, 2.05) is 12.5 Å². The lowest BCUT2D eigenvalue weighted by Crippen LogP contribution is -2.57. The molecule has 0 aromatic carbocycles. The van der Waals surface area contributed by atoms with Crippen molar-refractivity contribution in [2.24, 2.45) is 5.73 Å². The number of thioether (sulfide) groups is 2. The number of carboxylic acid groups (broad SMARTS) is 2. The summed E-state index contributed by atoms with van der Waals surface area (Å²) in [6.45, 7) is 1.21. The monoisotopic (exact) mass is 466 g/mol. The highest BCUT2D eigenvalue weighted by Crippen LogP contribution is 2.05. The summed E-state index contributed by atoms with van der Waals surface area (Å²) in [5, 5.41) is 24.9. The van der Waals surface area contributed by atoms with E-state index in [0.717, 1.165) is 0 Å². The smallest absolute Gasteiger partial charge is 0.325 e. The van der Waals surface area contributed by atoms with Crippen molar-refractivity contribution >= 4 is 53.2 Å². The summed E-state index contributed by atoms with van der Waals surface area (Å²) in [4.78, 5) is 59.2. The largest absolute Gasteiger partial charge is 0.481 e. The van der Waals surface area contributed by atoms with Gasteiger partial charge in [-0.15, -0.1) is 0 Å². The Kier molecular flexibility index (Phi) is 13.9. The second kappa shape index (κ2) is 14.9. The molecule has 0 saturated heterocycles. The topological polar surface area (TPSA) is 188 Å². The van der Waals surface area contributed by atoms with E-state index in [1.54, 1.807) is 0 Å². The predicted molar refractivity (Wildman–Crippen MR) is 115 cm³/mol. The number of rotatable bonds is 15. The molecule has 30 heavy (non-hydrogen) atoms. The van der Waals surface area contributed by atoms with Crippen molar-refractivity contribution in [3.63, 3.8) is 0 Å². The maximum Gasteiger partial charge on any atom is 0.325 e. The third-order valence-corrected chi connectivity index (χ3v) is 5.24. The highest BCUT2D eigenvalue weighted by Gasteiger charge is 2.30. The average molecular weight is 467 g/mol. The normalized spacial score (nSPS) is 14.7. The SMILES string of the molecule is CSCCC(N)C(=O)NC(CCSC)C(=O)NC(CC(=O)O)C(=O)NC(C)C(=O)O. The van der Waals surface area contributed by atoms with Crippen LogP contribution in [0.1, 0.15) is 26.2 Å². The fourth-order valence-electron chi connectivity index (χ4n) is 2.19. The van der Waals surface area contributed by atoms with E-state index >= 15 is 0 Å². The Morgan fingerprint density at radius 2 is 1.33 bits per heavy atom. The van der Waals surface area contributed by atoms with Gasteiger partial charge in [0.2, 0.25) is 17.7 Å². The third kappa shape index (κ3) is 11.3. The molecule has 0 aliphatic heterocycles. The molecule has 0 saturated carbocycles. The van der Waals surface area contributed by atoms with E-state index in [9.17, 15) is 24.0 Å². The molecule has 4 atom stereocenters. The van der Waals surface area contributed by atoms with Crippen LogP contribution in [-0.4, -0.2) is 88.1 Å². The minimum absolute atomic E-state index is 0.237. The van der Waals surface area contributed by atoms with Gasteiger partial charge in [-0.3, -0.25) is 24.0 Å². The zero-order chi connectivity index (χ0) is 23.3. The van der Waals surface area contributed by atoms with Crippen LogP contribution < -0.4 is 21.7 Å². The van der Waals surface area contributed by atoms with Gasteiger partial charge in [0, 0.05) is 0 Å². The summed E-state index contributed by atoms with van der Waals surface area (Å²) in [5.74, 6) is -3.71. The molecule has 7 N–H and O–H groups in total. The van der Waals surface area contributed by atoms with Gasteiger partial charge < -0.3 is 31.9 Å². The van der Waals surface area contributed by atoms with E-state index in [4.69, 9.17) is 15.9 Å². The van der Waals surface area contributed by atoms with Gasteiger partial charge in [0.1, 0.15) is 18.1 Å². The van der Waals surface area contributed by atoms with Crippen LogP contribution in [0.25, 0.3) is 0 Å². The number of amides is 3. The summed E-state index contributed by atoms with van der Waals surface area (Å²) in [5.41, 5.74) is 5.82. The molecule has 0 heterocycles. The van der Waals surface area contributed by atoms with Gasteiger partial charge in [-0.25, -0.2) is 0 Å². The van der Waals surface area contributed by atoms with Crippen LogP contribution in [0.5, 0.6) is 0 Å². The van der Waals surface area contributed by atoms with E-state index < -0.39 is 60.2 Å². The fourth-order valence-corrected chi connectivity index (χ4v) is 3.15. The van der Waals surface area contributed by atoms with Crippen molar-refractivity contribution in [1.29, 1.82) is 0 Å². The standard InChI is InChI=1S/C17H30N4O7S2/c1-9(17(27)28)19-16(26)12(8-13(22)23)21-15(25)11(5-7-30-3)20-14(24)10(18)4-6-29-2/h9-12H,4-8,18H2,1-3H3,(H,19,26)(H,20,24)(H,21,25)(H,22,23)(H,27,28). The Hall–Kier alpha value is -1.99. The van der Waals surface area contributed by atoms with Crippen molar-refractivity contribution in [3.05, 3.63) is 0 Å². The number of hydrogen-bond acceptors (Lipinski definition) is 8. The van der Waals surface area contributed by atoms with Crippen LogP contribution in [-0.2, 0) is 24.0 Å². The van der Waals surface area contributed by atoms with Crippen molar-refractivity contribution in [2.75, 3.05) is 24.0 Å². The second-order valence-corrected chi connectivity index (χ2v) is 8.43. The first-order valence-corrected chi connectivity index (χ1v) is 11.9.